The lowest BCUT2D eigenvalue weighted by Gasteiger charge is -2.34. The number of hydrogen-bond donors (Lipinski definition) is 2. The lowest BCUT2D eigenvalue weighted by atomic mass is 9.98. The van der Waals surface area contributed by atoms with Crippen LogP contribution in [0.1, 0.15) is 17.5 Å². The molecule has 2 heterocycles. The lowest BCUT2D eigenvalue weighted by Crippen LogP contribution is -2.53. The molecule has 1 saturated heterocycles. The first-order valence-electron chi connectivity index (χ1n) is 6.68. The lowest BCUT2D eigenvalue weighted by molar-refractivity contribution is 0.220. The van der Waals surface area contributed by atoms with E-state index in [-0.39, 0.29) is 12.1 Å². The molecule has 2 aromatic rings. The van der Waals surface area contributed by atoms with Gasteiger partial charge in [0, 0.05) is 38.6 Å². The average Bonchev–Trinajstić information content (AvgIpc) is 2.76. The normalized spacial score (nSPS) is 22.8. The summed E-state index contributed by atoms with van der Waals surface area (Å²) in [4.78, 5) is 6.61. The molecule has 0 saturated carbocycles. The Morgan fingerprint density at radius 3 is 3.16 bits per heavy atom. The van der Waals surface area contributed by atoms with Crippen molar-refractivity contribution in [3.63, 3.8) is 0 Å². The van der Waals surface area contributed by atoms with Crippen LogP contribution in [0, 0.1) is 6.92 Å². The van der Waals surface area contributed by atoms with Crippen molar-refractivity contribution in [2.24, 2.45) is 5.73 Å². The van der Waals surface area contributed by atoms with Gasteiger partial charge in [-0.2, -0.15) is 0 Å². The van der Waals surface area contributed by atoms with E-state index in [2.05, 4.69) is 22.2 Å². The van der Waals surface area contributed by atoms with Gasteiger partial charge in [-0.05, 0) is 24.7 Å². The number of piperazine rings is 1. The molecule has 1 aliphatic heterocycles. The Labute approximate surface area is 112 Å². The molecule has 5 nitrogen and oxygen atoms in total. The van der Waals surface area contributed by atoms with Gasteiger partial charge >= 0.3 is 0 Å². The van der Waals surface area contributed by atoms with E-state index < -0.39 is 0 Å². The number of oxazole rings is 1. The molecule has 3 rings (SSSR count). The Morgan fingerprint density at radius 2 is 2.37 bits per heavy atom. The Kier molecular flexibility index (Phi) is 3.26. The van der Waals surface area contributed by atoms with Crippen molar-refractivity contribution < 1.29 is 4.42 Å². The minimum absolute atomic E-state index is 0.0300. The third-order valence-corrected chi connectivity index (χ3v) is 3.75. The van der Waals surface area contributed by atoms with Crippen molar-refractivity contribution in [1.29, 1.82) is 0 Å². The summed E-state index contributed by atoms with van der Waals surface area (Å²) in [5, 5.41) is 3.49. The summed E-state index contributed by atoms with van der Waals surface area (Å²) < 4.78 is 5.57. The molecule has 0 spiro atoms. The largest absolute Gasteiger partial charge is 0.441 e. The topological polar surface area (TPSA) is 67.3 Å². The molecule has 0 aliphatic carbocycles. The highest BCUT2D eigenvalue weighted by atomic mass is 16.3. The van der Waals surface area contributed by atoms with Crippen molar-refractivity contribution in [3.8, 4) is 0 Å². The molecule has 1 fully saturated rings. The third kappa shape index (κ3) is 2.49. The van der Waals surface area contributed by atoms with Gasteiger partial charge in [-0.3, -0.25) is 0 Å². The smallest absolute Gasteiger partial charge is 0.192 e. The van der Waals surface area contributed by atoms with Gasteiger partial charge < -0.3 is 20.4 Å². The fourth-order valence-corrected chi connectivity index (χ4v) is 2.67. The molecule has 1 aliphatic rings. The van der Waals surface area contributed by atoms with Crippen LogP contribution >= 0.6 is 0 Å². The Balaban J connectivity index is 1.85. The maximum Gasteiger partial charge on any atom is 0.192 e. The number of aryl methyl sites for hydroxylation is 1. The van der Waals surface area contributed by atoms with Gasteiger partial charge in [0.2, 0.25) is 0 Å². The third-order valence-electron chi connectivity index (χ3n) is 3.75. The molecule has 1 aromatic heterocycles. The highest BCUT2D eigenvalue weighted by molar-refractivity contribution is 5.73. The number of rotatable bonds is 2. The summed E-state index contributed by atoms with van der Waals surface area (Å²) in [6.07, 6.45) is 0. The van der Waals surface area contributed by atoms with E-state index in [4.69, 9.17) is 10.2 Å². The summed E-state index contributed by atoms with van der Waals surface area (Å²) in [5.41, 5.74) is 9.18. The van der Waals surface area contributed by atoms with Crippen LogP contribution in [0.3, 0.4) is 0 Å². The first-order valence-corrected chi connectivity index (χ1v) is 6.68. The average molecular weight is 260 g/mol. The summed E-state index contributed by atoms with van der Waals surface area (Å²) in [6.45, 7) is 4.88. The number of benzene rings is 1. The van der Waals surface area contributed by atoms with E-state index >= 15 is 0 Å². The molecule has 1 aromatic carbocycles. The maximum absolute atomic E-state index is 6.38. The van der Waals surface area contributed by atoms with Crippen LogP contribution in [0.25, 0.3) is 11.1 Å². The molecular formula is C14H20N4O. The van der Waals surface area contributed by atoms with Crippen LogP contribution < -0.4 is 11.1 Å². The Bertz CT molecular complexity index is 580. The molecule has 19 heavy (non-hydrogen) atoms. The number of aromatic nitrogens is 1. The van der Waals surface area contributed by atoms with Crippen molar-refractivity contribution >= 4 is 11.1 Å². The maximum atomic E-state index is 6.38. The second-order valence-electron chi connectivity index (χ2n) is 5.31. The quantitative estimate of drug-likeness (QED) is 0.844. The number of hydrogen-bond acceptors (Lipinski definition) is 5. The monoisotopic (exact) mass is 260 g/mol. The van der Waals surface area contributed by atoms with Crippen LogP contribution in [0.15, 0.2) is 22.6 Å². The summed E-state index contributed by atoms with van der Waals surface area (Å²) >= 11 is 0. The standard InChI is InChI=1S/C14H20N4O/c1-9-17-11-4-3-10(7-13(11)19-9)14(15)12-8-18(2)6-5-16-12/h3-4,7,12,14,16H,5-6,8,15H2,1-2H3. The fraction of sp³-hybridized carbons (Fsp3) is 0.500. The van der Waals surface area contributed by atoms with E-state index in [0.717, 1.165) is 36.3 Å². The zero-order valence-electron chi connectivity index (χ0n) is 11.4. The van der Waals surface area contributed by atoms with Crippen LogP contribution in [-0.4, -0.2) is 42.6 Å². The highest BCUT2D eigenvalue weighted by Gasteiger charge is 2.24. The fourth-order valence-electron chi connectivity index (χ4n) is 2.67. The predicted octanol–water partition coefficient (Wildman–Crippen LogP) is 1.04. The van der Waals surface area contributed by atoms with Gasteiger partial charge in [0.05, 0.1) is 0 Å². The SMILES string of the molecule is Cc1nc2ccc(C(N)C3CN(C)CCN3)cc2o1. The molecule has 2 atom stereocenters. The summed E-state index contributed by atoms with van der Waals surface area (Å²) in [5.74, 6) is 0.691. The second kappa shape index (κ2) is 4.92. The minimum Gasteiger partial charge on any atom is -0.441 e. The van der Waals surface area contributed by atoms with Gasteiger partial charge in [-0.15, -0.1) is 0 Å². The molecule has 0 amide bonds. The predicted molar refractivity (Wildman–Crippen MR) is 75.0 cm³/mol. The van der Waals surface area contributed by atoms with E-state index in [1.807, 2.05) is 25.1 Å². The van der Waals surface area contributed by atoms with Crippen molar-refractivity contribution in [2.45, 2.75) is 19.0 Å². The highest BCUT2D eigenvalue weighted by Crippen LogP contribution is 2.22. The number of fused-ring (bicyclic) bond motifs is 1. The van der Waals surface area contributed by atoms with Gasteiger partial charge in [-0.1, -0.05) is 6.07 Å². The van der Waals surface area contributed by atoms with Crippen LogP contribution in [0.5, 0.6) is 0 Å². The molecule has 0 radical (unpaired) electrons. The van der Waals surface area contributed by atoms with E-state index in [1.54, 1.807) is 0 Å². The first-order chi connectivity index (χ1) is 9.13. The van der Waals surface area contributed by atoms with Crippen molar-refractivity contribution in [2.75, 3.05) is 26.7 Å². The zero-order chi connectivity index (χ0) is 13.4. The molecule has 2 unspecified atom stereocenters. The number of nitrogens with one attached hydrogen (secondary N) is 1. The molecule has 102 valence electrons. The summed E-state index contributed by atoms with van der Waals surface area (Å²) in [6, 6.07) is 6.28. The zero-order valence-corrected chi connectivity index (χ0v) is 11.4. The van der Waals surface area contributed by atoms with Crippen molar-refractivity contribution in [3.05, 3.63) is 29.7 Å². The number of nitrogens with two attached hydrogens (primary N) is 1. The summed E-state index contributed by atoms with van der Waals surface area (Å²) in [7, 11) is 2.13. The van der Waals surface area contributed by atoms with Gasteiger partial charge in [-0.25, -0.2) is 4.98 Å². The van der Waals surface area contributed by atoms with Crippen LogP contribution in [0.2, 0.25) is 0 Å². The van der Waals surface area contributed by atoms with Crippen molar-refractivity contribution in [1.82, 2.24) is 15.2 Å². The Hall–Kier alpha value is -1.43. The molecular weight excluding hydrogens is 240 g/mol. The van der Waals surface area contributed by atoms with Gasteiger partial charge in [0.15, 0.2) is 11.5 Å². The molecule has 5 heteroatoms. The minimum atomic E-state index is -0.0300. The van der Waals surface area contributed by atoms with Gasteiger partial charge in [0.25, 0.3) is 0 Å². The molecule has 3 N–H and O–H groups in total. The molecule has 0 bridgehead atoms. The van der Waals surface area contributed by atoms with Crippen LogP contribution in [0.4, 0.5) is 0 Å². The van der Waals surface area contributed by atoms with E-state index in [1.165, 1.54) is 0 Å². The van der Waals surface area contributed by atoms with Crippen LogP contribution in [-0.2, 0) is 0 Å². The first kappa shape index (κ1) is 12.6. The number of nitrogens with zero attached hydrogens (tertiary/aromatic N) is 2. The van der Waals surface area contributed by atoms with Gasteiger partial charge in [0.1, 0.15) is 5.52 Å². The Morgan fingerprint density at radius 1 is 1.53 bits per heavy atom. The second-order valence-corrected chi connectivity index (χ2v) is 5.31. The van der Waals surface area contributed by atoms with E-state index in [9.17, 15) is 0 Å². The number of likely N-dealkylation sites (N-methyl/N-ethyl adjacent to an activating group) is 1. The van der Waals surface area contributed by atoms with E-state index in [0.29, 0.717) is 5.89 Å².